The Hall–Kier alpha value is -0.610. The number of aromatic nitrogens is 1. The zero-order chi connectivity index (χ0) is 10.7. The van der Waals surface area contributed by atoms with Crippen LogP contribution in [0.1, 0.15) is 13.3 Å². The standard InChI is InChI=1S/C11H14BrN2O/c1-2-9-8-15-7-6-14(9)11-5-3-4-10(12)13-11/h4-5,9H,2,6-8H2,1H3/t9-/m0/s1. The number of rotatable bonds is 2. The van der Waals surface area contributed by atoms with E-state index < -0.39 is 0 Å². The highest BCUT2D eigenvalue weighted by atomic mass is 79.9. The smallest absolute Gasteiger partial charge is 0.130 e. The van der Waals surface area contributed by atoms with Gasteiger partial charge in [-0.05, 0) is 40.5 Å². The molecular weight excluding hydrogens is 256 g/mol. The topological polar surface area (TPSA) is 25.4 Å². The van der Waals surface area contributed by atoms with Gasteiger partial charge in [0.15, 0.2) is 0 Å². The minimum Gasteiger partial charge on any atom is -0.377 e. The number of hydrogen-bond donors (Lipinski definition) is 0. The van der Waals surface area contributed by atoms with Gasteiger partial charge < -0.3 is 9.64 Å². The molecule has 1 aromatic heterocycles. The molecule has 0 aliphatic carbocycles. The predicted molar refractivity (Wildman–Crippen MR) is 63.0 cm³/mol. The van der Waals surface area contributed by atoms with Crippen molar-refractivity contribution < 1.29 is 4.74 Å². The van der Waals surface area contributed by atoms with Crippen molar-refractivity contribution in [2.75, 3.05) is 24.7 Å². The minimum atomic E-state index is 0.439. The number of anilines is 1. The van der Waals surface area contributed by atoms with Crippen molar-refractivity contribution >= 4 is 21.7 Å². The summed E-state index contributed by atoms with van der Waals surface area (Å²) in [6.07, 6.45) is 1.08. The van der Waals surface area contributed by atoms with E-state index in [0.717, 1.165) is 36.6 Å². The number of halogens is 1. The molecule has 1 fully saturated rings. The van der Waals surface area contributed by atoms with Crippen molar-refractivity contribution in [1.29, 1.82) is 0 Å². The zero-order valence-electron chi connectivity index (χ0n) is 8.74. The minimum absolute atomic E-state index is 0.439. The summed E-state index contributed by atoms with van der Waals surface area (Å²) in [7, 11) is 0. The number of hydrogen-bond acceptors (Lipinski definition) is 3. The van der Waals surface area contributed by atoms with Gasteiger partial charge in [0.2, 0.25) is 0 Å². The highest BCUT2D eigenvalue weighted by Crippen LogP contribution is 2.20. The maximum atomic E-state index is 5.46. The van der Waals surface area contributed by atoms with E-state index in [2.05, 4.69) is 38.8 Å². The summed E-state index contributed by atoms with van der Waals surface area (Å²) in [5.74, 6) is 0.986. The van der Waals surface area contributed by atoms with Gasteiger partial charge >= 0.3 is 0 Å². The van der Waals surface area contributed by atoms with Crippen LogP contribution in [-0.4, -0.2) is 30.8 Å². The molecule has 0 bridgehead atoms. The third-order valence-corrected chi connectivity index (χ3v) is 3.04. The average Bonchev–Trinajstić information content (AvgIpc) is 2.29. The van der Waals surface area contributed by atoms with Gasteiger partial charge in [-0.25, -0.2) is 4.98 Å². The van der Waals surface area contributed by atoms with E-state index in [1.165, 1.54) is 0 Å². The van der Waals surface area contributed by atoms with E-state index in [4.69, 9.17) is 4.74 Å². The Kier molecular flexibility index (Phi) is 3.59. The van der Waals surface area contributed by atoms with Crippen LogP contribution in [0.25, 0.3) is 0 Å². The van der Waals surface area contributed by atoms with E-state index in [0.29, 0.717) is 6.04 Å². The molecule has 1 aromatic rings. The van der Waals surface area contributed by atoms with Crippen LogP contribution in [0.5, 0.6) is 0 Å². The fourth-order valence-electron chi connectivity index (χ4n) is 1.80. The highest BCUT2D eigenvalue weighted by molar-refractivity contribution is 9.10. The van der Waals surface area contributed by atoms with Gasteiger partial charge in [-0.2, -0.15) is 0 Å². The monoisotopic (exact) mass is 269 g/mol. The third kappa shape index (κ3) is 2.49. The van der Waals surface area contributed by atoms with Crippen molar-refractivity contribution in [2.45, 2.75) is 19.4 Å². The Morgan fingerprint density at radius 3 is 3.27 bits per heavy atom. The molecule has 1 aliphatic heterocycles. The van der Waals surface area contributed by atoms with Crippen LogP contribution in [0.2, 0.25) is 0 Å². The highest BCUT2D eigenvalue weighted by Gasteiger charge is 2.22. The van der Waals surface area contributed by atoms with Crippen LogP contribution >= 0.6 is 15.9 Å². The molecule has 4 heteroatoms. The van der Waals surface area contributed by atoms with Gasteiger partial charge in [0, 0.05) is 6.54 Å². The molecule has 0 saturated carbocycles. The Morgan fingerprint density at radius 2 is 2.53 bits per heavy atom. The quantitative estimate of drug-likeness (QED) is 0.771. The number of pyridine rings is 1. The second-order valence-corrected chi connectivity index (χ2v) is 4.39. The molecule has 1 atom stereocenters. The van der Waals surface area contributed by atoms with Gasteiger partial charge in [0.25, 0.3) is 0 Å². The third-order valence-electron chi connectivity index (χ3n) is 2.63. The van der Waals surface area contributed by atoms with Gasteiger partial charge in [-0.1, -0.05) is 6.92 Å². The van der Waals surface area contributed by atoms with Crippen LogP contribution in [0.3, 0.4) is 0 Å². The summed E-state index contributed by atoms with van der Waals surface area (Å²) in [6.45, 7) is 4.67. The lowest BCUT2D eigenvalue weighted by Crippen LogP contribution is -2.45. The molecule has 1 saturated heterocycles. The van der Waals surface area contributed by atoms with Crippen molar-refractivity contribution in [3.8, 4) is 0 Å². The zero-order valence-corrected chi connectivity index (χ0v) is 10.3. The number of morpholine rings is 1. The number of ether oxygens (including phenoxy) is 1. The van der Waals surface area contributed by atoms with E-state index in [1.54, 1.807) is 0 Å². The first-order chi connectivity index (χ1) is 7.31. The normalized spacial score (nSPS) is 21.7. The SMILES string of the molecule is CC[C@H]1COCCN1c1c[c]cc(Br)n1. The molecule has 1 aliphatic rings. The molecule has 0 amide bonds. The Bertz CT molecular complexity index is 332. The Balaban J connectivity index is 2.20. The van der Waals surface area contributed by atoms with Gasteiger partial charge in [-0.15, -0.1) is 0 Å². The van der Waals surface area contributed by atoms with Crippen LogP contribution in [0, 0.1) is 6.07 Å². The van der Waals surface area contributed by atoms with Crippen molar-refractivity contribution in [3.05, 3.63) is 22.8 Å². The fourth-order valence-corrected chi connectivity index (χ4v) is 2.11. The van der Waals surface area contributed by atoms with Crippen LogP contribution in [0.4, 0.5) is 5.82 Å². The summed E-state index contributed by atoms with van der Waals surface area (Å²) >= 11 is 3.37. The van der Waals surface area contributed by atoms with Crippen LogP contribution < -0.4 is 4.90 Å². The molecule has 0 N–H and O–H groups in total. The first-order valence-corrected chi connectivity index (χ1v) is 5.98. The molecule has 2 heterocycles. The fraction of sp³-hybridized carbons (Fsp3) is 0.545. The van der Waals surface area contributed by atoms with Crippen molar-refractivity contribution in [1.82, 2.24) is 4.98 Å². The van der Waals surface area contributed by atoms with E-state index >= 15 is 0 Å². The molecule has 0 aromatic carbocycles. The largest absolute Gasteiger partial charge is 0.377 e. The molecule has 0 spiro atoms. The van der Waals surface area contributed by atoms with Crippen molar-refractivity contribution in [3.63, 3.8) is 0 Å². The molecule has 0 unspecified atom stereocenters. The first-order valence-electron chi connectivity index (χ1n) is 5.19. The van der Waals surface area contributed by atoms with E-state index in [9.17, 15) is 0 Å². The molecule has 81 valence electrons. The molecule has 15 heavy (non-hydrogen) atoms. The molecular formula is C11H14BrN2O. The molecule has 2 rings (SSSR count). The summed E-state index contributed by atoms with van der Waals surface area (Å²) in [5, 5.41) is 0. The maximum absolute atomic E-state index is 5.46. The summed E-state index contributed by atoms with van der Waals surface area (Å²) < 4.78 is 6.30. The summed E-state index contributed by atoms with van der Waals surface area (Å²) in [4.78, 5) is 6.75. The summed E-state index contributed by atoms with van der Waals surface area (Å²) in [6, 6.07) is 7.27. The van der Waals surface area contributed by atoms with E-state index in [1.807, 2.05) is 12.1 Å². The van der Waals surface area contributed by atoms with Gasteiger partial charge in [0.1, 0.15) is 10.4 Å². The Morgan fingerprint density at radius 1 is 1.67 bits per heavy atom. The van der Waals surface area contributed by atoms with Crippen LogP contribution in [-0.2, 0) is 4.74 Å². The second kappa shape index (κ2) is 4.94. The molecule has 1 radical (unpaired) electrons. The lowest BCUT2D eigenvalue weighted by atomic mass is 10.2. The summed E-state index contributed by atoms with van der Waals surface area (Å²) in [5.41, 5.74) is 0. The second-order valence-electron chi connectivity index (χ2n) is 3.58. The van der Waals surface area contributed by atoms with Crippen LogP contribution in [0.15, 0.2) is 16.7 Å². The van der Waals surface area contributed by atoms with Crippen molar-refractivity contribution in [2.24, 2.45) is 0 Å². The van der Waals surface area contributed by atoms with E-state index in [-0.39, 0.29) is 0 Å². The average molecular weight is 270 g/mol. The Labute approximate surface area is 98.6 Å². The number of nitrogens with zero attached hydrogens (tertiary/aromatic N) is 2. The predicted octanol–water partition coefficient (Wildman–Crippen LogP) is 2.26. The lowest BCUT2D eigenvalue weighted by molar-refractivity contribution is 0.0925. The molecule has 3 nitrogen and oxygen atoms in total. The van der Waals surface area contributed by atoms with Gasteiger partial charge in [-0.3, -0.25) is 0 Å². The van der Waals surface area contributed by atoms with Gasteiger partial charge in [0.05, 0.1) is 19.3 Å². The maximum Gasteiger partial charge on any atom is 0.130 e. The first kappa shape index (κ1) is 10.9. The lowest BCUT2D eigenvalue weighted by Gasteiger charge is -2.36.